The molecule has 0 saturated heterocycles. The van der Waals surface area contributed by atoms with Gasteiger partial charge in [-0.2, -0.15) is 4.98 Å². The van der Waals surface area contributed by atoms with Crippen LogP contribution in [0.25, 0.3) is 33.7 Å². The second-order valence-corrected chi connectivity index (χ2v) is 5.51. The van der Waals surface area contributed by atoms with E-state index in [2.05, 4.69) is 15.1 Å². The molecule has 4 rings (SSSR count). The summed E-state index contributed by atoms with van der Waals surface area (Å²) in [5.41, 5.74) is 1.92. The molecular weight excluding hydrogens is 306 g/mol. The second-order valence-electron chi connectivity index (χ2n) is 5.51. The summed E-state index contributed by atoms with van der Waals surface area (Å²) >= 11 is 0. The third kappa shape index (κ3) is 2.25. The van der Waals surface area contributed by atoms with E-state index in [1.54, 1.807) is 24.3 Å². The fourth-order valence-corrected chi connectivity index (χ4v) is 2.57. The summed E-state index contributed by atoms with van der Waals surface area (Å²) in [5, 5.41) is 14.9. The van der Waals surface area contributed by atoms with Crippen molar-refractivity contribution in [3.63, 3.8) is 0 Å². The third-order valence-corrected chi connectivity index (χ3v) is 3.84. The molecule has 0 aliphatic rings. The molecule has 0 amide bonds. The molecule has 6 heteroatoms. The predicted molar refractivity (Wildman–Crippen MR) is 89.7 cm³/mol. The molecule has 2 aromatic carbocycles. The summed E-state index contributed by atoms with van der Waals surface area (Å²) in [7, 11) is 0. The number of hydrogen-bond donors (Lipinski definition) is 2. The van der Waals surface area contributed by atoms with Crippen molar-refractivity contribution in [3.05, 3.63) is 64.4 Å². The lowest BCUT2D eigenvalue weighted by molar-refractivity contribution is 0.426. The number of hydrogen-bond acceptors (Lipinski definition) is 5. The lowest BCUT2D eigenvalue weighted by Gasteiger charge is -2.03. The zero-order valence-electron chi connectivity index (χ0n) is 12.8. The Morgan fingerprint density at radius 3 is 2.62 bits per heavy atom. The molecule has 0 atom stereocenters. The van der Waals surface area contributed by atoms with Crippen molar-refractivity contribution in [1.29, 1.82) is 0 Å². The summed E-state index contributed by atoms with van der Waals surface area (Å²) in [6.07, 6.45) is 0. The molecule has 2 aromatic heterocycles. The number of nitrogens with zero attached hydrogens (tertiary/aromatic N) is 2. The van der Waals surface area contributed by atoms with Gasteiger partial charge in [0.2, 0.25) is 5.82 Å². The number of H-pyrrole nitrogens is 1. The molecule has 6 nitrogen and oxygen atoms in total. The lowest BCUT2D eigenvalue weighted by atomic mass is 10.1. The number of nitrogens with one attached hydrogen (secondary N) is 1. The first kappa shape index (κ1) is 14.2. The van der Waals surface area contributed by atoms with E-state index >= 15 is 0 Å². The average Bonchev–Trinajstić information content (AvgIpc) is 3.05. The number of para-hydroxylation sites is 1. The number of fused-ring (bicyclic) bond motifs is 1. The maximum atomic E-state index is 12.3. The molecule has 0 saturated carbocycles. The average molecular weight is 319 g/mol. The van der Waals surface area contributed by atoms with Crippen molar-refractivity contribution < 1.29 is 9.63 Å². The van der Waals surface area contributed by atoms with E-state index in [0.717, 1.165) is 11.1 Å². The number of aryl methyl sites for hydroxylation is 1. The minimum atomic E-state index is -0.481. The second kappa shape index (κ2) is 5.34. The van der Waals surface area contributed by atoms with E-state index in [-0.39, 0.29) is 17.2 Å². The lowest BCUT2D eigenvalue weighted by Crippen LogP contribution is -2.09. The molecule has 2 N–H and O–H groups in total. The Labute approximate surface area is 136 Å². The molecule has 0 radical (unpaired) electrons. The van der Waals surface area contributed by atoms with Gasteiger partial charge in [0.25, 0.3) is 11.4 Å². The smallest absolute Gasteiger partial charge is 0.267 e. The normalized spacial score (nSPS) is 11.0. The number of pyridine rings is 1. The van der Waals surface area contributed by atoms with Crippen LogP contribution in [0.15, 0.2) is 57.8 Å². The molecule has 2 heterocycles. The fourth-order valence-electron chi connectivity index (χ4n) is 2.57. The molecule has 24 heavy (non-hydrogen) atoms. The third-order valence-electron chi connectivity index (χ3n) is 3.84. The molecular formula is C18H13N3O3. The fraction of sp³-hybridized carbons (Fsp3) is 0.0556. The van der Waals surface area contributed by atoms with Gasteiger partial charge >= 0.3 is 0 Å². The monoisotopic (exact) mass is 319 g/mol. The standard InChI is InChI=1S/C18H13N3O3/c1-10-6-8-11(9-7-10)16-20-18(24-21-16)14-15(22)12-4-2-3-5-13(12)19-17(14)23/h2-9H,1H3,(H2,19,22,23). The number of aromatic hydroxyl groups is 1. The topological polar surface area (TPSA) is 92.0 Å². The summed E-state index contributed by atoms with van der Waals surface area (Å²) in [5.74, 6) is 0.167. The van der Waals surface area contributed by atoms with Gasteiger partial charge in [-0.3, -0.25) is 4.79 Å². The van der Waals surface area contributed by atoms with E-state index in [9.17, 15) is 9.90 Å². The SMILES string of the molecule is Cc1ccc(-c2noc(-c3c(O)c4ccccc4[nH]c3=O)n2)cc1. The molecule has 118 valence electrons. The Kier molecular flexibility index (Phi) is 3.16. The predicted octanol–water partition coefficient (Wildman–Crippen LogP) is 3.26. The van der Waals surface area contributed by atoms with Crippen LogP contribution in [0.5, 0.6) is 5.75 Å². The Bertz CT molecular complexity index is 1090. The zero-order valence-corrected chi connectivity index (χ0v) is 12.8. The van der Waals surface area contributed by atoms with Crippen molar-refractivity contribution in [3.8, 4) is 28.6 Å². The van der Waals surface area contributed by atoms with Crippen molar-refractivity contribution in [1.82, 2.24) is 15.1 Å². The van der Waals surface area contributed by atoms with Gasteiger partial charge in [-0.25, -0.2) is 0 Å². The van der Waals surface area contributed by atoms with Gasteiger partial charge in [0.15, 0.2) is 0 Å². The number of aromatic amines is 1. The van der Waals surface area contributed by atoms with Crippen molar-refractivity contribution in [2.24, 2.45) is 0 Å². The van der Waals surface area contributed by atoms with Gasteiger partial charge < -0.3 is 14.6 Å². The van der Waals surface area contributed by atoms with Gasteiger partial charge in [0, 0.05) is 10.9 Å². The van der Waals surface area contributed by atoms with Gasteiger partial charge in [0.05, 0.1) is 5.52 Å². The highest BCUT2D eigenvalue weighted by Crippen LogP contribution is 2.31. The van der Waals surface area contributed by atoms with Crippen LogP contribution < -0.4 is 5.56 Å². The van der Waals surface area contributed by atoms with Crippen LogP contribution in [-0.2, 0) is 0 Å². The van der Waals surface area contributed by atoms with E-state index in [1.807, 2.05) is 31.2 Å². The van der Waals surface area contributed by atoms with E-state index < -0.39 is 5.56 Å². The molecule has 0 aliphatic carbocycles. The van der Waals surface area contributed by atoms with Crippen LogP contribution in [0.1, 0.15) is 5.56 Å². The summed E-state index contributed by atoms with van der Waals surface area (Å²) < 4.78 is 5.20. The molecule has 0 aliphatic heterocycles. The molecule has 0 fully saturated rings. The number of rotatable bonds is 2. The summed E-state index contributed by atoms with van der Waals surface area (Å²) in [6, 6.07) is 14.6. The van der Waals surface area contributed by atoms with Gasteiger partial charge in [-0.15, -0.1) is 0 Å². The van der Waals surface area contributed by atoms with E-state index in [0.29, 0.717) is 16.7 Å². The van der Waals surface area contributed by atoms with Gasteiger partial charge in [-0.1, -0.05) is 47.1 Å². The van der Waals surface area contributed by atoms with E-state index in [1.165, 1.54) is 0 Å². The Morgan fingerprint density at radius 1 is 1.08 bits per heavy atom. The van der Waals surface area contributed by atoms with Crippen LogP contribution in [0.2, 0.25) is 0 Å². The first-order valence-corrected chi connectivity index (χ1v) is 7.38. The van der Waals surface area contributed by atoms with Crippen LogP contribution in [0, 0.1) is 6.92 Å². The van der Waals surface area contributed by atoms with Crippen LogP contribution >= 0.6 is 0 Å². The van der Waals surface area contributed by atoms with Crippen LogP contribution in [0.3, 0.4) is 0 Å². The zero-order chi connectivity index (χ0) is 16.7. The highest BCUT2D eigenvalue weighted by Gasteiger charge is 2.20. The van der Waals surface area contributed by atoms with E-state index in [4.69, 9.17) is 4.52 Å². The number of benzene rings is 2. The molecule has 0 unspecified atom stereocenters. The first-order valence-electron chi connectivity index (χ1n) is 7.38. The maximum absolute atomic E-state index is 12.3. The van der Waals surface area contributed by atoms with Crippen molar-refractivity contribution >= 4 is 10.9 Å². The summed E-state index contributed by atoms with van der Waals surface area (Å²) in [4.78, 5) is 19.3. The Morgan fingerprint density at radius 2 is 1.83 bits per heavy atom. The molecule has 0 spiro atoms. The highest BCUT2D eigenvalue weighted by atomic mass is 16.5. The highest BCUT2D eigenvalue weighted by molar-refractivity contribution is 5.90. The van der Waals surface area contributed by atoms with Crippen LogP contribution in [-0.4, -0.2) is 20.2 Å². The Hall–Kier alpha value is -3.41. The van der Waals surface area contributed by atoms with Crippen molar-refractivity contribution in [2.45, 2.75) is 6.92 Å². The largest absolute Gasteiger partial charge is 0.506 e. The molecule has 4 aromatic rings. The van der Waals surface area contributed by atoms with Crippen LogP contribution in [0.4, 0.5) is 0 Å². The number of aromatic nitrogens is 3. The first-order chi connectivity index (χ1) is 11.6. The minimum Gasteiger partial charge on any atom is -0.506 e. The minimum absolute atomic E-state index is 0.0184. The Balaban J connectivity index is 1.87. The summed E-state index contributed by atoms with van der Waals surface area (Å²) in [6.45, 7) is 1.98. The van der Waals surface area contributed by atoms with Gasteiger partial charge in [0.1, 0.15) is 11.3 Å². The molecule has 0 bridgehead atoms. The van der Waals surface area contributed by atoms with Gasteiger partial charge in [-0.05, 0) is 19.1 Å². The maximum Gasteiger partial charge on any atom is 0.267 e. The van der Waals surface area contributed by atoms with Crippen molar-refractivity contribution in [2.75, 3.05) is 0 Å². The quantitative estimate of drug-likeness (QED) is 0.591.